The van der Waals surface area contributed by atoms with Crippen molar-refractivity contribution in [2.24, 2.45) is 5.41 Å². The van der Waals surface area contributed by atoms with E-state index in [-0.39, 0.29) is 46.5 Å². The number of piperidine rings is 1. The lowest BCUT2D eigenvalue weighted by Crippen LogP contribution is -2.45. The van der Waals surface area contributed by atoms with Gasteiger partial charge in [-0.1, -0.05) is 43.7 Å². The highest BCUT2D eigenvalue weighted by atomic mass is 32.2. The largest absolute Gasteiger partial charge is 0.464 e. The Hall–Kier alpha value is -4.60. The molecule has 2 saturated heterocycles. The van der Waals surface area contributed by atoms with Crippen molar-refractivity contribution in [1.29, 1.82) is 0 Å². The lowest BCUT2D eigenvalue weighted by Gasteiger charge is -2.39. The van der Waals surface area contributed by atoms with E-state index >= 15 is 13.2 Å². The smallest absolute Gasteiger partial charge is 0.429 e. The summed E-state index contributed by atoms with van der Waals surface area (Å²) in [5, 5.41) is 0. The summed E-state index contributed by atoms with van der Waals surface area (Å²) in [5.74, 6) is -0.920. The number of nitrogens with zero attached hydrogens (tertiary/aromatic N) is 4. The molecule has 0 aliphatic carbocycles. The number of aromatic nitrogens is 2. The monoisotopic (exact) mass is 775 g/mol. The Morgan fingerprint density at radius 1 is 1.04 bits per heavy atom. The summed E-state index contributed by atoms with van der Waals surface area (Å²) < 4.78 is 86.4. The molecule has 5 rings (SSSR count). The maximum Gasteiger partial charge on any atom is 0.429 e. The summed E-state index contributed by atoms with van der Waals surface area (Å²) >= 11 is 0. The molecule has 2 aliphatic rings. The van der Waals surface area contributed by atoms with E-state index in [0.717, 1.165) is 6.26 Å². The van der Waals surface area contributed by atoms with Crippen molar-refractivity contribution in [1.82, 2.24) is 14.9 Å². The van der Waals surface area contributed by atoms with Crippen LogP contribution in [-0.2, 0) is 30.5 Å². The molecule has 2 atom stereocenters. The van der Waals surface area contributed by atoms with E-state index in [1.165, 1.54) is 35.2 Å². The van der Waals surface area contributed by atoms with Crippen LogP contribution in [0.4, 0.5) is 29.7 Å². The average Bonchev–Trinajstić information content (AvgIpc) is 3.45. The second-order valence-corrected chi connectivity index (χ2v) is 17.0. The van der Waals surface area contributed by atoms with E-state index in [0.29, 0.717) is 50.8 Å². The number of benzene rings is 2. The zero-order valence-electron chi connectivity index (χ0n) is 31.4. The average molecular weight is 776 g/mol. The molecule has 2 N–H and O–H groups in total. The molecule has 2 aliphatic heterocycles. The Bertz CT molecular complexity index is 1960. The van der Waals surface area contributed by atoms with Crippen LogP contribution in [0, 0.1) is 5.41 Å². The van der Waals surface area contributed by atoms with Gasteiger partial charge in [-0.3, -0.25) is 4.90 Å². The van der Waals surface area contributed by atoms with Gasteiger partial charge in [0.05, 0.1) is 11.5 Å². The van der Waals surface area contributed by atoms with E-state index in [2.05, 4.69) is 9.97 Å². The fourth-order valence-corrected chi connectivity index (χ4v) is 7.77. The molecule has 0 radical (unpaired) electrons. The van der Waals surface area contributed by atoms with Crippen LogP contribution in [0.5, 0.6) is 5.88 Å². The Morgan fingerprint density at radius 2 is 1.74 bits per heavy atom. The van der Waals surface area contributed by atoms with E-state index in [1.54, 1.807) is 45.9 Å². The number of rotatable bonds is 10. The molecule has 1 unspecified atom stereocenters. The first-order chi connectivity index (χ1) is 25.2. The quantitative estimate of drug-likeness (QED) is 0.214. The number of nitrogens with two attached hydrogens (primary N) is 1. The summed E-state index contributed by atoms with van der Waals surface area (Å²) in [6, 6.07) is 11.0. The standard InChI is InChI=1S/C38H48F3N5O7S/c1-7-10-24-13-14-27(25-11-9-12-26(20-25)54(6,49)50)28(19-24)32(38(39,40)41)52-31-21-30(43-34(42)44-31)45-17-15-37(16-18-45)22-29(33(47)51-8-2)46(23-37)35(48)53-36(3,4)5/h9,11-14,19-21,29,32H,7-8,10,15-18,22-23H2,1-6H3,(H2,42,43,44)/t29?,32-/m1/s1. The van der Waals surface area contributed by atoms with Crippen LogP contribution in [0.3, 0.4) is 0 Å². The van der Waals surface area contributed by atoms with Crippen LogP contribution >= 0.6 is 0 Å². The Morgan fingerprint density at radius 3 is 2.35 bits per heavy atom. The van der Waals surface area contributed by atoms with E-state index in [4.69, 9.17) is 19.9 Å². The Labute approximate surface area is 314 Å². The molecular formula is C38H48F3N5O7S. The summed E-state index contributed by atoms with van der Waals surface area (Å²) in [4.78, 5) is 37.7. The van der Waals surface area contributed by atoms with E-state index in [9.17, 15) is 18.0 Å². The molecule has 12 nitrogen and oxygen atoms in total. The molecule has 2 aromatic carbocycles. The van der Waals surface area contributed by atoms with E-state index in [1.807, 2.05) is 11.8 Å². The second-order valence-electron chi connectivity index (χ2n) is 15.0. The number of halogens is 3. The minimum absolute atomic E-state index is 0.0313. The molecule has 2 fully saturated rings. The van der Waals surface area contributed by atoms with Gasteiger partial charge in [0.15, 0.2) is 9.84 Å². The minimum Gasteiger partial charge on any atom is -0.464 e. The highest BCUT2D eigenvalue weighted by Gasteiger charge is 2.51. The van der Waals surface area contributed by atoms with Gasteiger partial charge in [0, 0.05) is 37.5 Å². The van der Waals surface area contributed by atoms with Gasteiger partial charge in [0.1, 0.15) is 17.5 Å². The third-order valence-corrected chi connectivity index (χ3v) is 10.7. The van der Waals surface area contributed by atoms with Gasteiger partial charge in [-0.2, -0.15) is 23.1 Å². The van der Waals surface area contributed by atoms with Gasteiger partial charge in [-0.25, -0.2) is 18.0 Å². The summed E-state index contributed by atoms with van der Waals surface area (Å²) in [6.07, 6.45) is -4.33. The van der Waals surface area contributed by atoms with Crippen LogP contribution in [0.2, 0.25) is 0 Å². The molecule has 16 heteroatoms. The number of esters is 1. The third-order valence-electron chi connectivity index (χ3n) is 9.60. The van der Waals surface area contributed by atoms with Gasteiger partial charge >= 0.3 is 18.2 Å². The van der Waals surface area contributed by atoms with Crippen molar-refractivity contribution in [2.75, 3.05) is 43.1 Å². The highest BCUT2D eigenvalue weighted by molar-refractivity contribution is 7.90. The Balaban J connectivity index is 1.42. The maximum absolute atomic E-state index is 15.0. The molecule has 3 heterocycles. The van der Waals surface area contributed by atoms with Gasteiger partial charge in [0.25, 0.3) is 0 Å². The fraction of sp³-hybridized carbons (Fsp3) is 0.526. The number of likely N-dealkylation sites (tertiary alicyclic amines) is 1. The predicted molar refractivity (Wildman–Crippen MR) is 197 cm³/mol. The minimum atomic E-state index is -4.91. The van der Waals surface area contributed by atoms with Crippen molar-refractivity contribution in [3.63, 3.8) is 0 Å². The first kappa shape index (κ1) is 40.6. The zero-order valence-corrected chi connectivity index (χ0v) is 32.2. The molecule has 294 valence electrons. The number of carbonyl (C=O) groups is 2. The number of hydrogen-bond donors (Lipinski definition) is 1. The molecule has 1 amide bonds. The van der Waals surface area contributed by atoms with Crippen molar-refractivity contribution in [3.8, 4) is 17.0 Å². The van der Waals surface area contributed by atoms with Crippen molar-refractivity contribution in [2.45, 2.75) is 95.5 Å². The number of aryl methyl sites for hydroxylation is 1. The normalized spacial score (nSPS) is 18.1. The van der Waals surface area contributed by atoms with Crippen LogP contribution in [0.15, 0.2) is 53.4 Å². The van der Waals surface area contributed by atoms with Crippen LogP contribution in [-0.4, -0.2) is 85.7 Å². The predicted octanol–water partition coefficient (Wildman–Crippen LogP) is 6.92. The molecule has 1 aromatic heterocycles. The molecule has 3 aromatic rings. The van der Waals surface area contributed by atoms with E-state index < -0.39 is 57.1 Å². The van der Waals surface area contributed by atoms with Crippen LogP contribution < -0.4 is 15.4 Å². The lowest BCUT2D eigenvalue weighted by atomic mass is 9.76. The van der Waals surface area contributed by atoms with Crippen molar-refractivity contribution >= 4 is 33.7 Å². The topological polar surface area (TPSA) is 154 Å². The van der Waals surface area contributed by atoms with Gasteiger partial charge in [0.2, 0.25) is 17.9 Å². The number of anilines is 2. The molecule has 0 bridgehead atoms. The first-order valence-corrected chi connectivity index (χ1v) is 19.8. The second kappa shape index (κ2) is 15.6. The summed E-state index contributed by atoms with van der Waals surface area (Å²) in [6.45, 7) is 10.1. The van der Waals surface area contributed by atoms with Gasteiger partial charge in [-0.05, 0) is 87.6 Å². The number of carbonyl (C=O) groups excluding carboxylic acids is 2. The SMILES string of the molecule is CCCc1ccc(-c2cccc(S(C)(=O)=O)c2)c([C@@H](Oc2cc(N3CCC4(CC3)CC(C(=O)OCC)N(C(=O)OC(C)(C)C)C4)nc(N)n2)C(F)(F)F)c1. The van der Waals surface area contributed by atoms with Gasteiger partial charge in [-0.15, -0.1) is 0 Å². The number of ether oxygens (including phenoxy) is 3. The number of amides is 1. The fourth-order valence-electron chi connectivity index (χ4n) is 7.10. The summed E-state index contributed by atoms with van der Waals surface area (Å²) in [7, 11) is -3.64. The van der Waals surface area contributed by atoms with Crippen molar-refractivity contribution < 1.29 is 45.4 Å². The zero-order chi connectivity index (χ0) is 39.6. The lowest BCUT2D eigenvalue weighted by molar-refractivity contribution is -0.198. The molecule has 1 spiro atoms. The maximum atomic E-state index is 15.0. The third kappa shape index (κ3) is 9.54. The highest BCUT2D eigenvalue weighted by Crippen LogP contribution is 2.46. The molecule has 54 heavy (non-hydrogen) atoms. The molecule has 0 saturated carbocycles. The molecular weight excluding hydrogens is 728 g/mol. The number of hydrogen-bond acceptors (Lipinski definition) is 11. The number of nitrogen functional groups attached to an aromatic ring is 1. The number of alkyl halides is 3. The number of sulfone groups is 1. The van der Waals surface area contributed by atoms with Gasteiger partial charge < -0.3 is 24.8 Å². The summed E-state index contributed by atoms with van der Waals surface area (Å²) in [5.41, 5.74) is 5.74. The van der Waals surface area contributed by atoms with Crippen molar-refractivity contribution in [3.05, 3.63) is 59.7 Å². The Kier molecular flexibility index (Phi) is 11.7. The first-order valence-electron chi connectivity index (χ1n) is 17.9. The van der Waals surface area contributed by atoms with Crippen LogP contribution in [0.1, 0.15) is 77.5 Å². The van der Waals surface area contributed by atoms with Crippen LogP contribution in [0.25, 0.3) is 11.1 Å².